The van der Waals surface area contributed by atoms with Crippen LogP contribution in [0.1, 0.15) is 23.6 Å². The molecule has 3 heterocycles. The van der Waals surface area contributed by atoms with Gasteiger partial charge in [-0.25, -0.2) is 9.67 Å². The highest BCUT2D eigenvalue weighted by atomic mass is 16.5. The van der Waals surface area contributed by atoms with Crippen molar-refractivity contribution >= 4 is 11.0 Å². The smallest absolute Gasteiger partial charge is 0.165 e. The summed E-state index contributed by atoms with van der Waals surface area (Å²) in [5.74, 6) is 1.98. The zero-order valence-corrected chi connectivity index (χ0v) is 16.5. The standard InChI is InChI=1S/C21H27N5O2/c1-27-18-7-3-5-16(20(18)28-2)14-25-11-8-15(13-25)19-17-6-4-10-23-21(17)26(24-19)12-9-22/h3-7,10,15H,8-9,11-14,22H2,1-2H3/t15-/m1/s1. The first-order valence-electron chi connectivity index (χ1n) is 9.69. The minimum atomic E-state index is 0.391. The van der Waals surface area contributed by atoms with Crippen molar-refractivity contribution in [1.82, 2.24) is 19.7 Å². The van der Waals surface area contributed by atoms with E-state index in [0.717, 1.165) is 59.8 Å². The molecule has 0 amide bonds. The van der Waals surface area contributed by atoms with E-state index in [0.29, 0.717) is 19.0 Å². The molecule has 7 heteroatoms. The summed E-state index contributed by atoms with van der Waals surface area (Å²) in [6.07, 6.45) is 2.90. The molecule has 1 aromatic carbocycles. The minimum absolute atomic E-state index is 0.391. The molecular weight excluding hydrogens is 354 g/mol. The highest BCUT2D eigenvalue weighted by molar-refractivity contribution is 5.78. The van der Waals surface area contributed by atoms with E-state index in [1.165, 1.54) is 0 Å². The summed E-state index contributed by atoms with van der Waals surface area (Å²) in [6.45, 7) is 4.06. The fourth-order valence-corrected chi connectivity index (χ4v) is 4.13. The van der Waals surface area contributed by atoms with E-state index >= 15 is 0 Å². The van der Waals surface area contributed by atoms with Gasteiger partial charge < -0.3 is 15.2 Å². The van der Waals surface area contributed by atoms with Gasteiger partial charge in [-0.2, -0.15) is 5.10 Å². The van der Waals surface area contributed by atoms with Gasteiger partial charge >= 0.3 is 0 Å². The first-order chi connectivity index (χ1) is 13.7. The van der Waals surface area contributed by atoms with E-state index < -0.39 is 0 Å². The van der Waals surface area contributed by atoms with Crippen LogP contribution in [0.2, 0.25) is 0 Å². The van der Waals surface area contributed by atoms with Crippen LogP contribution in [0.4, 0.5) is 0 Å². The Hall–Kier alpha value is -2.64. The summed E-state index contributed by atoms with van der Waals surface area (Å²) in [5, 5.41) is 6.01. The molecule has 1 aliphatic heterocycles. The van der Waals surface area contributed by atoms with Gasteiger partial charge in [0.25, 0.3) is 0 Å². The Morgan fingerprint density at radius 3 is 2.86 bits per heavy atom. The van der Waals surface area contributed by atoms with Gasteiger partial charge in [-0.1, -0.05) is 12.1 Å². The molecule has 0 radical (unpaired) electrons. The fourth-order valence-electron chi connectivity index (χ4n) is 4.13. The SMILES string of the molecule is COc1cccc(CN2CC[C@@H](c3nn(CCN)c4ncccc34)C2)c1OC. The van der Waals surface area contributed by atoms with E-state index in [4.69, 9.17) is 20.3 Å². The average Bonchev–Trinajstić information content (AvgIpc) is 3.33. The molecule has 1 saturated heterocycles. The Morgan fingerprint density at radius 1 is 1.18 bits per heavy atom. The molecule has 4 rings (SSSR count). The summed E-state index contributed by atoms with van der Waals surface area (Å²) >= 11 is 0. The molecule has 148 valence electrons. The van der Waals surface area contributed by atoms with Crippen LogP contribution in [-0.2, 0) is 13.1 Å². The molecule has 1 atom stereocenters. The van der Waals surface area contributed by atoms with Crippen molar-refractivity contribution in [2.75, 3.05) is 33.9 Å². The number of pyridine rings is 1. The van der Waals surface area contributed by atoms with Crippen LogP contribution in [0, 0.1) is 0 Å². The Bertz CT molecular complexity index is 955. The van der Waals surface area contributed by atoms with Crippen molar-refractivity contribution in [3.05, 3.63) is 47.8 Å². The number of para-hydroxylation sites is 1. The van der Waals surface area contributed by atoms with Crippen molar-refractivity contribution in [2.45, 2.75) is 25.4 Å². The molecule has 3 aromatic rings. The second-order valence-corrected chi connectivity index (χ2v) is 7.14. The molecule has 0 bridgehead atoms. The van der Waals surface area contributed by atoms with Crippen LogP contribution < -0.4 is 15.2 Å². The van der Waals surface area contributed by atoms with Gasteiger partial charge in [0.15, 0.2) is 17.1 Å². The first kappa shape index (κ1) is 18.7. The topological polar surface area (TPSA) is 78.4 Å². The van der Waals surface area contributed by atoms with Gasteiger partial charge in [0.1, 0.15) is 0 Å². The number of aromatic nitrogens is 3. The number of nitrogens with zero attached hydrogens (tertiary/aromatic N) is 4. The van der Waals surface area contributed by atoms with Crippen LogP contribution in [0.25, 0.3) is 11.0 Å². The van der Waals surface area contributed by atoms with Gasteiger partial charge in [-0.05, 0) is 31.2 Å². The van der Waals surface area contributed by atoms with E-state index in [1.807, 2.05) is 29.1 Å². The van der Waals surface area contributed by atoms with Gasteiger partial charge in [0.05, 0.1) is 26.5 Å². The second kappa shape index (κ2) is 8.16. The van der Waals surface area contributed by atoms with Crippen molar-refractivity contribution in [3.8, 4) is 11.5 Å². The second-order valence-electron chi connectivity index (χ2n) is 7.14. The molecule has 28 heavy (non-hydrogen) atoms. The molecule has 2 N–H and O–H groups in total. The van der Waals surface area contributed by atoms with Gasteiger partial charge in [-0.3, -0.25) is 4.90 Å². The van der Waals surface area contributed by atoms with Crippen LogP contribution in [0.3, 0.4) is 0 Å². The average molecular weight is 381 g/mol. The third-order valence-corrected chi connectivity index (χ3v) is 5.41. The zero-order chi connectivity index (χ0) is 19.5. The van der Waals surface area contributed by atoms with E-state index in [1.54, 1.807) is 14.2 Å². The van der Waals surface area contributed by atoms with E-state index in [2.05, 4.69) is 22.0 Å². The Kier molecular flexibility index (Phi) is 5.45. The minimum Gasteiger partial charge on any atom is -0.493 e. The van der Waals surface area contributed by atoms with Crippen LogP contribution in [-0.4, -0.2) is 53.5 Å². The third-order valence-electron chi connectivity index (χ3n) is 5.41. The normalized spacial score (nSPS) is 17.3. The van der Waals surface area contributed by atoms with Gasteiger partial charge in [0.2, 0.25) is 0 Å². The summed E-state index contributed by atoms with van der Waals surface area (Å²) in [7, 11) is 3.36. The molecular formula is C21H27N5O2. The van der Waals surface area contributed by atoms with Crippen molar-refractivity contribution in [1.29, 1.82) is 0 Å². The summed E-state index contributed by atoms with van der Waals surface area (Å²) < 4.78 is 13.0. The lowest BCUT2D eigenvalue weighted by Gasteiger charge is -2.19. The number of ether oxygens (including phenoxy) is 2. The van der Waals surface area contributed by atoms with Crippen molar-refractivity contribution in [3.63, 3.8) is 0 Å². The van der Waals surface area contributed by atoms with Gasteiger partial charge in [0, 0.05) is 42.7 Å². The molecule has 0 aliphatic carbocycles. The molecule has 0 saturated carbocycles. The molecule has 1 aliphatic rings. The summed E-state index contributed by atoms with van der Waals surface area (Å²) in [5.41, 5.74) is 8.96. The maximum absolute atomic E-state index is 5.75. The Labute approximate surface area is 165 Å². The lowest BCUT2D eigenvalue weighted by molar-refractivity contribution is 0.308. The molecule has 7 nitrogen and oxygen atoms in total. The van der Waals surface area contributed by atoms with Crippen LogP contribution >= 0.6 is 0 Å². The quantitative estimate of drug-likeness (QED) is 0.677. The first-order valence-corrected chi connectivity index (χ1v) is 9.69. The number of likely N-dealkylation sites (tertiary alicyclic amines) is 1. The van der Waals surface area contributed by atoms with E-state index in [9.17, 15) is 0 Å². The maximum Gasteiger partial charge on any atom is 0.165 e. The Morgan fingerprint density at radius 2 is 2.07 bits per heavy atom. The number of methoxy groups -OCH3 is 2. The lowest BCUT2D eigenvalue weighted by Crippen LogP contribution is -2.20. The van der Waals surface area contributed by atoms with Crippen molar-refractivity contribution < 1.29 is 9.47 Å². The molecule has 1 fully saturated rings. The zero-order valence-electron chi connectivity index (χ0n) is 16.5. The number of nitrogens with two attached hydrogens (primary N) is 1. The largest absolute Gasteiger partial charge is 0.493 e. The van der Waals surface area contributed by atoms with E-state index in [-0.39, 0.29) is 0 Å². The van der Waals surface area contributed by atoms with Gasteiger partial charge in [-0.15, -0.1) is 0 Å². The van der Waals surface area contributed by atoms with Crippen LogP contribution in [0.15, 0.2) is 36.5 Å². The maximum atomic E-state index is 5.75. The highest BCUT2D eigenvalue weighted by Gasteiger charge is 2.29. The molecule has 0 spiro atoms. The third kappa shape index (κ3) is 3.43. The monoisotopic (exact) mass is 381 g/mol. The summed E-state index contributed by atoms with van der Waals surface area (Å²) in [4.78, 5) is 6.97. The lowest BCUT2D eigenvalue weighted by atomic mass is 10.0. The number of fused-ring (bicyclic) bond motifs is 1. The van der Waals surface area contributed by atoms with Crippen molar-refractivity contribution in [2.24, 2.45) is 5.73 Å². The molecule has 2 aromatic heterocycles. The predicted molar refractivity (Wildman–Crippen MR) is 109 cm³/mol. The van der Waals surface area contributed by atoms with Crippen LogP contribution in [0.5, 0.6) is 11.5 Å². The molecule has 0 unspecified atom stereocenters. The number of hydrogen-bond donors (Lipinski definition) is 1. The number of hydrogen-bond acceptors (Lipinski definition) is 6. The number of rotatable bonds is 7. The fraction of sp³-hybridized carbons (Fsp3) is 0.429. The highest BCUT2D eigenvalue weighted by Crippen LogP contribution is 2.35. The Balaban J connectivity index is 1.55. The summed E-state index contributed by atoms with van der Waals surface area (Å²) in [6, 6.07) is 10.1. The number of benzene rings is 1. The predicted octanol–water partition coefficient (Wildman–Crippen LogP) is 2.40.